The van der Waals surface area contributed by atoms with Gasteiger partial charge in [0.1, 0.15) is 6.29 Å². The predicted molar refractivity (Wildman–Crippen MR) is 74.2 cm³/mol. The number of hydrogen-bond acceptors (Lipinski definition) is 3. The average molecular weight is 292 g/mol. The standard InChI is InChI=1S/C16H14F2O3/c1-20-15-9-12(10-19)7-8-14(15)21-11-16(17,18)13-5-3-2-4-6-13/h2-10H,11H2,1H3. The first kappa shape index (κ1) is 15.0. The van der Waals surface area contributed by atoms with Crippen molar-refractivity contribution in [1.29, 1.82) is 0 Å². The van der Waals surface area contributed by atoms with Gasteiger partial charge >= 0.3 is 5.92 Å². The van der Waals surface area contributed by atoms with Gasteiger partial charge in [-0.3, -0.25) is 4.79 Å². The molecule has 0 spiro atoms. The molecule has 0 radical (unpaired) electrons. The van der Waals surface area contributed by atoms with E-state index in [9.17, 15) is 13.6 Å². The highest BCUT2D eigenvalue weighted by Crippen LogP contribution is 2.32. The summed E-state index contributed by atoms with van der Waals surface area (Å²) >= 11 is 0. The fraction of sp³-hybridized carbons (Fsp3) is 0.188. The van der Waals surface area contributed by atoms with E-state index in [0.29, 0.717) is 11.8 Å². The molecule has 2 aromatic carbocycles. The van der Waals surface area contributed by atoms with Crippen LogP contribution in [0.2, 0.25) is 0 Å². The van der Waals surface area contributed by atoms with E-state index in [2.05, 4.69) is 0 Å². The van der Waals surface area contributed by atoms with E-state index in [0.717, 1.165) is 0 Å². The predicted octanol–water partition coefficient (Wildman–Crippen LogP) is 3.68. The Balaban J connectivity index is 2.14. The van der Waals surface area contributed by atoms with Gasteiger partial charge in [-0.2, -0.15) is 8.78 Å². The SMILES string of the molecule is COc1cc(C=O)ccc1OCC(F)(F)c1ccccc1. The van der Waals surface area contributed by atoms with Crippen molar-refractivity contribution in [1.82, 2.24) is 0 Å². The van der Waals surface area contributed by atoms with Crippen molar-refractivity contribution in [3.8, 4) is 11.5 Å². The number of carbonyl (C=O) groups excluding carboxylic acids is 1. The van der Waals surface area contributed by atoms with Crippen LogP contribution in [-0.4, -0.2) is 20.0 Å². The van der Waals surface area contributed by atoms with Gasteiger partial charge in [-0.15, -0.1) is 0 Å². The number of carbonyl (C=O) groups is 1. The van der Waals surface area contributed by atoms with Crippen LogP contribution in [0.3, 0.4) is 0 Å². The Morgan fingerprint density at radius 2 is 1.81 bits per heavy atom. The summed E-state index contributed by atoms with van der Waals surface area (Å²) in [6, 6.07) is 11.8. The number of methoxy groups -OCH3 is 1. The molecule has 5 heteroatoms. The van der Waals surface area contributed by atoms with Gasteiger partial charge in [0.25, 0.3) is 0 Å². The molecular weight excluding hydrogens is 278 g/mol. The molecule has 0 fully saturated rings. The van der Waals surface area contributed by atoms with Crippen molar-refractivity contribution in [2.75, 3.05) is 13.7 Å². The number of ether oxygens (including phenoxy) is 2. The molecule has 2 rings (SSSR count). The molecule has 0 saturated heterocycles. The summed E-state index contributed by atoms with van der Waals surface area (Å²) in [5.41, 5.74) is 0.266. The van der Waals surface area contributed by atoms with Gasteiger partial charge in [0.15, 0.2) is 18.1 Å². The smallest absolute Gasteiger partial charge is 0.306 e. The molecule has 0 aliphatic carbocycles. The lowest BCUT2D eigenvalue weighted by atomic mass is 10.1. The second-order valence-corrected chi connectivity index (χ2v) is 4.39. The normalized spacial score (nSPS) is 11.0. The molecule has 110 valence electrons. The van der Waals surface area contributed by atoms with Crippen molar-refractivity contribution in [3.05, 3.63) is 59.7 Å². The van der Waals surface area contributed by atoms with Crippen LogP contribution in [0, 0.1) is 0 Å². The lowest BCUT2D eigenvalue weighted by Crippen LogP contribution is -2.23. The minimum absolute atomic E-state index is 0.117. The second kappa shape index (κ2) is 6.35. The maximum absolute atomic E-state index is 14.0. The fourth-order valence-electron chi connectivity index (χ4n) is 1.81. The summed E-state index contributed by atoms with van der Waals surface area (Å²) in [7, 11) is 1.38. The van der Waals surface area contributed by atoms with Crippen molar-refractivity contribution in [2.24, 2.45) is 0 Å². The topological polar surface area (TPSA) is 35.5 Å². The zero-order chi connectivity index (χ0) is 15.3. The molecule has 0 heterocycles. The van der Waals surface area contributed by atoms with E-state index in [1.807, 2.05) is 0 Å². The van der Waals surface area contributed by atoms with Crippen molar-refractivity contribution >= 4 is 6.29 Å². The third-order valence-electron chi connectivity index (χ3n) is 2.93. The zero-order valence-electron chi connectivity index (χ0n) is 11.4. The Hall–Kier alpha value is -2.43. The van der Waals surface area contributed by atoms with Gasteiger partial charge in [-0.25, -0.2) is 0 Å². The second-order valence-electron chi connectivity index (χ2n) is 4.39. The molecule has 0 saturated carbocycles. The summed E-state index contributed by atoms with van der Waals surface area (Å²) < 4.78 is 38.2. The Kier molecular flexibility index (Phi) is 4.52. The van der Waals surface area contributed by atoms with Crippen molar-refractivity contribution in [3.63, 3.8) is 0 Å². The van der Waals surface area contributed by atoms with Crippen LogP contribution in [0.15, 0.2) is 48.5 Å². The van der Waals surface area contributed by atoms with Gasteiger partial charge in [0.2, 0.25) is 0 Å². The molecule has 0 amide bonds. The number of hydrogen-bond donors (Lipinski definition) is 0. The lowest BCUT2D eigenvalue weighted by molar-refractivity contribution is -0.0472. The van der Waals surface area contributed by atoms with E-state index in [-0.39, 0.29) is 17.1 Å². The first-order valence-corrected chi connectivity index (χ1v) is 6.26. The maximum Gasteiger partial charge on any atom is 0.306 e. The van der Waals surface area contributed by atoms with E-state index in [1.165, 1.54) is 37.4 Å². The van der Waals surface area contributed by atoms with Crippen LogP contribution in [0.25, 0.3) is 0 Å². The minimum atomic E-state index is -3.12. The Morgan fingerprint density at radius 1 is 1.10 bits per heavy atom. The molecule has 0 atom stereocenters. The van der Waals surface area contributed by atoms with E-state index < -0.39 is 12.5 Å². The van der Waals surface area contributed by atoms with Crippen LogP contribution in [0.1, 0.15) is 15.9 Å². The highest BCUT2D eigenvalue weighted by atomic mass is 19.3. The number of aldehydes is 1. The monoisotopic (exact) mass is 292 g/mol. The van der Waals surface area contributed by atoms with Gasteiger partial charge in [-0.1, -0.05) is 30.3 Å². The summed E-state index contributed by atoms with van der Waals surface area (Å²) in [5.74, 6) is -2.71. The average Bonchev–Trinajstić information content (AvgIpc) is 2.53. The molecule has 0 aromatic heterocycles. The highest BCUT2D eigenvalue weighted by Gasteiger charge is 2.32. The van der Waals surface area contributed by atoms with Gasteiger partial charge in [0, 0.05) is 11.1 Å². The van der Waals surface area contributed by atoms with Crippen LogP contribution in [0.5, 0.6) is 11.5 Å². The van der Waals surface area contributed by atoms with Crippen LogP contribution >= 0.6 is 0 Å². The third-order valence-corrected chi connectivity index (χ3v) is 2.93. The molecule has 0 unspecified atom stereocenters. The van der Waals surface area contributed by atoms with Gasteiger partial charge in [-0.05, 0) is 18.2 Å². The zero-order valence-corrected chi connectivity index (χ0v) is 11.4. The minimum Gasteiger partial charge on any atom is -0.493 e. The Bertz CT molecular complexity index is 612. The van der Waals surface area contributed by atoms with E-state index in [1.54, 1.807) is 18.2 Å². The molecular formula is C16H14F2O3. The Labute approximate surface area is 121 Å². The van der Waals surface area contributed by atoms with E-state index in [4.69, 9.17) is 9.47 Å². The van der Waals surface area contributed by atoms with Crippen molar-refractivity contribution in [2.45, 2.75) is 5.92 Å². The van der Waals surface area contributed by atoms with Gasteiger partial charge in [0.05, 0.1) is 7.11 Å². The molecule has 0 bridgehead atoms. The Morgan fingerprint density at radius 3 is 2.43 bits per heavy atom. The number of alkyl halides is 2. The molecule has 0 N–H and O–H groups in total. The highest BCUT2D eigenvalue weighted by molar-refractivity contribution is 5.76. The quantitative estimate of drug-likeness (QED) is 0.762. The summed E-state index contributed by atoms with van der Waals surface area (Å²) in [4.78, 5) is 10.7. The van der Waals surface area contributed by atoms with Crippen LogP contribution < -0.4 is 9.47 Å². The van der Waals surface area contributed by atoms with Crippen molar-refractivity contribution < 1.29 is 23.0 Å². The molecule has 0 aliphatic rings. The van der Waals surface area contributed by atoms with E-state index >= 15 is 0 Å². The van der Waals surface area contributed by atoms with Gasteiger partial charge < -0.3 is 9.47 Å². The largest absolute Gasteiger partial charge is 0.493 e. The summed E-state index contributed by atoms with van der Waals surface area (Å²) in [6.45, 7) is -0.812. The fourth-order valence-corrected chi connectivity index (χ4v) is 1.81. The number of rotatable bonds is 6. The van der Waals surface area contributed by atoms with Crippen LogP contribution in [0.4, 0.5) is 8.78 Å². The summed E-state index contributed by atoms with van der Waals surface area (Å²) in [6.07, 6.45) is 0.644. The number of halogens is 2. The summed E-state index contributed by atoms with van der Waals surface area (Å²) in [5, 5.41) is 0. The molecule has 0 aliphatic heterocycles. The third kappa shape index (κ3) is 3.56. The molecule has 21 heavy (non-hydrogen) atoms. The van der Waals surface area contributed by atoms with Crippen LogP contribution in [-0.2, 0) is 5.92 Å². The maximum atomic E-state index is 14.0. The molecule has 2 aromatic rings. The number of benzene rings is 2. The first-order chi connectivity index (χ1) is 10.1. The lowest BCUT2D eigenvalue weighted by Gasteiger charge is -2.18. The molecule has 3 nitrogen and oxygen atoms in total. The first-order valence-electron chi connectivity index (χ1n) is 6.26.